The van der Waals surface area contributed by atoms with Gasteiger partial charge in [-0.1, -0.05) is 34.6 Å². The molecular formula is C15H30N4O3. The lowest BCUT2D eigenvalue weighted by Crippen LogP contribution is -2.52. The number of ketones is 1. The number of hydrogen-bond donors (Lipinski definition) is 4. The van der Waals surface area contributed by atoms with Crippen LogP contribution in [0.15, 0.2) is 0 Å². The van der Waals surface area contributed by atoms with E-state index in [2.05, 4.69) is 10.6 Å². The summed E-state index contributed by atoms with van der Waals surface area (Å²) in [7, 11) is 0. The second kappa shape index (κ2) is 8.73. The van der Waals surface area contributed by atoms with E-state index in [1.165, 1.54) is 0 Å². The van der Waals surface area contributed by atoms with Crippen LogP contribution < -0.4 is 22.1 Å². The average molecular weight is 314 g/mol. The Morgan fingerprint density at radius 3 is 2.09 bits per heavy atom. The standard InChI is InChI=1S/C15H30N4O3/c1-9(2)11(16)13(21)19-10(12(20)15(3,4)5)7-6-8-18-14(17)22/h9-11H,6-8,16H2,1-5H3,(H,19,21)(H3,17,18,22)/t10-,11?/m0/s1. The van der Waals surface area contributed by atoms with Gasteiger partial charge in [-0.15, -0.1) is 0 Å². The molecule has 0 aromatic heterocycles. The minimum Gasteiger partial charge on any atom is -0.352 e. The normalized spacial score (nSPS) is 14.3. The summed E-state index contributed by atoms with van der Waals surface area (Å²) < 4.78 is 0. The van der Waals surface area contributed by atoms with Gasteiger partial charge in [-0.25, -0.2) is 4.79 Å². The molecule has 7 nitrogen and oxygen atoms in total. The number of primary amides is 1. The Balaban J connectivity index is 4.76. The molecule has 22 heavy (non-hydrogen) atoms. The molecule has 6 N–H and O–H groups in total. The van der Waals surface area contributed by atoms with Crippen molar-refractivity contribution in [3.8, 4) is 0 Å². The van der Waals surface area contributed by atoms with Gasteiger partial charge in [0.05, 0.1) is 12.1 Å². The molecule has 0 aliphatic rings. The van der Waals surface area contributed by atoms with Crippen LogP contribution in [0.5, 0.6) is 0 Å². The molecule has 0 saturated carbocycles. The zero-order valence-corrected chi connectivity index (χ0v) is 14.2. The molecule has 0 saturated heterocycles. The maximum absolute atomic E-state index is 12.5. The van der Waals surface area contributed by atoms with Gasteiger partial charge in [0.1, 0.15) is 0 Å². The fraction of sp³-hybridized carbons (Fsp3) is 0.800. The van der Waals surface area contributed by atoms with Crippen LogP contribution in [-0.4, -0.2) is 36.3 Å². The number of urea groups is 1. The highest BCUT2D eigenvalue weighted by Crippen LogP contribution is 2.19. The highest BCUT2D eigenvalue weighted by molar-refractivity contribution is 5.93. The molecule has 7 heteroatoms. The van der Waals surface area contributed by atoms with Crippen molar-refractivity contribution < 1.29 is 14.4 Å². The van der Waals surface area contributed by atoms with E-state index in [-0.39, 0.29) is 17.6 Å². The number of amides is 3. The number of hydrogen-bond acceptors (Lipinski definition) is 4. The first-order valence-electron chi connectivity index (χ1n) is 7.60. The van der Waals surface area contributed by atoms with Crippen LogP contribution in [0, 0.1) is 11.3 Å². The molecule has 0 radical (unpaired) electrons. The lowest BCUT2D eigenvalue weighted by atomic mass is 9.84. The van der Waals surface area contributed by atoms with Crippen LogP contribution in [0.3, 0.4) is 0 Å². The molecule has 0 spiro atoms. The summed E-state index contributed by atoms with van der Waals surface area (Å²) in [5, 5.41) is 5.20. The number of carbonyl (C=O) groups excluding carboxylic acids is 3. The van der Waals surface area contributed by atoms with E-state index < -0.39 is 23.5 Å². The maximum Gasteiger partial charge on any atom is 0.312 e. The summed E-state index contributed by atoms with van der Waals surface area (Å²) in [6.45, 7) is 9.47. The van der Waals surface area contributed by atoms with Crippen LogP contribution in [0.4, 0.5) is 4.79 Å². The molecule has 3 amide bonds. The number of nitrogens with two attached hydrogens (primary N) is 2. The second-order valence-electron chi connectivity index (χ2n) is 6.88. The van der Waals surface area contributed by atoms with E-state index in [4.69, 9.17) is 11.5 Å². The molecule has 0 aliphatic carbocycles. The fourth-order valence-corrected chi connectivity index (χ4v) is 1.88. The summed E-state index contributed by atoms with van der Waals surface area (Å²) in [5.74, 6) is -0.404. The van der Waals surface area contributed by atoms with E-state index in [1.807, 2.05) is 13.8 Å². The van der Waals surface area contributed by atoms with Crippen LogP contribution >= 0.6 is 0 Å². The van der Waals surface area contributed by atoms with Crippen molar-refractivity contribution in [3.63, 3.8) is 0 Å². The number of carbonyl (C=O) groups is 3. The summed E-state index contributed by atoms with van der Waals surface area (Å²) in [4.78, 5) is 35.2. The van der Waals surface area contributed by atoms with Crippen LogP contribution in [0.2, 0.25) is 0 Å². The number of Topliss-reactive ketones (excluding diaryl/α,β-unsaturated/α-hetero) is 1. The smallest absolute Gasteiger partial charge is 0.312 e. The van der Waals surface area contributed by atoms with Crippen molar-refractivity contribution >= 4 is 17.7 Å². The van der Waals surface area contributed by atoms with Crippen LogP contribution in [-0.2, 0) is 9.59 Å². The second-order valence-corrected chi connectivity index (χ2v) is 6.88. The Morgan fingerprint density at radius 2 is 1.68 bits per heavy atom. The minimum absolute atomic E-state index is 0.0121. The highest BCUT2D eigenvalue weighted by Gasteiger charge is 2.31. The Hall–Kier alpha value is -1.63. The first-order valence-corrected chi connectivity index (χ1v) is 7.60. The molecular weight excluding hydrogens is 284 g/mol. The van der Waals surface area contributed by atoms with E-state index in [0.29, 0.717) is 19.4 Å². The van der Waals surface area contributed by atoms with Gasteiger partial charge in [0.2, 0.25) is 5.91 Å². The van der Waals surface area contributed by atoms with E-state index >= 15 is 0 Å². The van der Waals surface area contributed by atoms with E-state index in [0.717, 1.165) is 0 Å². The zero-order chi connectivity index (χ0) is 17.5. The third-order valence-electron chi connectivity index (χ3n) is 3.36. The monoisotopic (exact) mass is 314 g/mol. The van der Waals surface area contributed by atoms with Crippen molar-refractivity contribution in [2.45, 2.75) is 59.5 Å². The van der Waals surface area contributed by atoms with Gasteiger partial charge in [0.25, 0.3) is 0 Å². The lowest BCUT2D eigenvalue weighted by molar-refractivity contribution is -0.133. The predicted molar refractivity (Wildman–Crippen MR) is 86.0 cm³/mol. The molecule has 0 fully saturated rings. The third kappa shape index (κ3) is 7.40. The first kappa shape index (κ1) is 20.4. The van der Waals surface area contributed by atoms with Crippen molar-refractivity contribution in [2.24, 2.45) is 22.8 Å². The van der Waals surface area contributed by atoms with Crippen molar-refractivity contribution in [1.82, 2.24) is 10.6 Å². The summed E-state index contributed by atoms with van der Waals surface area (Å²) in [5.41, 5.74) is 10.2. The topological polar surface area (TPSA) is 127 Å². The quantitative estimate of drug-likeness (QED) is 0.487. The molecule has 0 aromatic carbocycles. The van der Waals surface area contributed by atoms with Gasteiger partial charge >= 0.3 is 6.03 Å². The zero-order valence-electron chi connectivity index (χ0n) is 14.2. The lowest BCUT2D eigenvalue weighted by Gasteiger charge is -2.27. The van der Waals surface area contributed by atoms with Gasteiger partial charge < -0.3 is 22.1 Å². The molecule has 0 aliphatic heterocycles. The third-order valence-corrected chi connectivity index (χ3v) is 3.36. The maximum atomic E-state index is 12.5. The fourth-order valence-electron chi connectivity index (χ4n) is 1.88. The predicted octanol–water partition coefficient (Wildman–Crippen LogP) is 0.518. The Bertz CT molecular complexity index is 402. The minimum atomic E-state index is -0.654. The highest BCUT2D eigenvalue weighted by atomic mass is 16.2. The summed E-state index contributed by atoms with van der Waals surface area (Å²) >= 11 is 0. The SMILES string of the molecule is CC(C)C(N)C(=O)N[C@@H](CCCNC(N)=O)C(=O)C(C)(C)C. The number of nitrogens with one attached hydrogen (secondary N) is 2. The Kier molecular flexibility index (Phi) is 8.08. The average Bonchev–Trinajstić information content (AvgIpc) is 2.38. The van der Waals surface area contributed by atoms with Gasteiger partial charge in [-0.3, -0.25) is 9.59 Å². The van der Waals surface area contributed by atoms with E-state index in [1.54, 1.807) is 20.8 Å². The molecule has 1 unspecified atom stereocenters. The van der Waals surface area contributed by atoms with Crippen molar-refractivity contribution in [2.75, 3.05) is 6.54 Å². The van der Waals surface area contributed by atoms with Gasteiger partial charge in [0.15, 0.2) is 5.78 Å². The summed E-state index contributed by atoms with van der Waals surface area (Å²) in [6, 6.07) is -1.88. The van der Waals surface area contributed by atoms with E-state index in [9.17, 15) is 14.4 Å². The molecule has 128 valence electrons. The molecule has 2 atom stereocenters. The van der Waals surface area contributed by atoms with Crippen molar-refractivity contribution in [3.05, 3.63) is 0 Å². The molecule has 0 bridgehead atoms. The Morgan fingerprint density at radius 1 is 1.14 bits per heavy atom. The largest absolute Gasteiger partial charge is 0.352 e. The summed E-state index contributed by atoms with van der Waals surface area (Å²) in [6.07, 6.45) is 0.958. The van der Waals surface area contributed by atoms with Crippen molar-refractivity contribution in [1.29, 1.82) is 0 Å². The van der Waals surface area contributed by atoms with Gasteiger partial charge in [-0.2, -0.15) is 0 Å². The first-order chi connectivity index (χ1) is 9.96. The van der Waals surface area contributed by atoms with Crippen LogP contribution in [0.1, 0.15) is 47.5 Å². The van der Waals surface area contributed by atoms with Gasteiger partial charge in [-0.05, 0) is 18.8 Å². The van der Waals surface area contributed by atoms with Crippen LogP contribution in [0.25, 0.3) is 0 Å². The molecule has 0 aromatic rings. The Labute approximate surface area is 132 Å². The van der Waals surface area contributed by atoms with Gasteiger partial charge in [0, 0.05) is 12.0 Å². The molecule has 0 rings (SSSR count). The number of rotatable bonds is 8. The molecule has 0 heterocycles.